The van der Waals surface area contributed by atoms with E-state index in [1.165, 1.54) is 11.0 Å². The summed E-state index contributed by atoms with van der Waals surface area (Å²) in [6, 6.07) is 2.95. The quantitative estimate of drug-likeness (QED) is 0.742. The summed E-state index contributed by atoms with van der Waals surface area (Å²) in [5.41, 5.74) is 4.39. The summed E-state index contributed by atoms with van der Waals surface area (Å²) in [6.45, 7) is 3.76. The van der Waals surface area contributed by atoms with Gasteiger partial charge in [0.1, 0.15) is 6.54 Å². The largest absolute Gasteiger partial charge is 0.367 e. The molecule has 0 aromatic carbocycles. The fourth-order valence-corrected chi connectivity index (χ4v) is 2.12. The number of rotatable bonds is 3. The van der Waals surface area contributed by atoms with Crippen molar-refractivity contribution in [2.75, 3.05) is 19.7 Å². The minimum atomic E-state index is -1.20. The van der Waals surface area contributed by atoms with E-state index in [0.717, 1.165) is 4.68 Å². The van der Waals surface area contributed by atoms with Crippen molar-refractivity contribution in [2.45, 2.75) is 26.0 Å². The van der Waals surface area contributed by atoms with Gasteiger partial charge in [0.05, 0.1) is 18.8 Å². The molecule has 0 spiro atoms. The second-order valence-electron chi connectivity index (χ2n) is 5.23. The van der Waals surface area contributed by atoms with Gasteiger partial charge in [0.15, 0.2) is 5.60 Å². The zero-order valence-electron chi connectivity index (χ0n) is 12.0. The molecule has 1 aromatic rings. The van der Waals surface area contributed by atoms with Crippen LogP contribution in [0.25, 0.3) is 0 Å². The van der Waals surface area contributed by atoms with Gasteiger partial charge in [-0.05, 0) is 19.9 Å². The van der Waals surface area contributed by atoms with E-state index in [0.29, 0.717) is 12.2 Å². The van der Waals surface area contributed by atoms with E-state index in [1.54, 1.807) is 19.9 Å². The monoisotopic (exact) mass is 294 g/mol. The number of primary amides is 1. The number of amides is 2. The molecular weight excluding hydrogens is 276 g/mol. The third kappa shape index (κ3) is 3.27. The van der Waals surface area contributed by atoms with E-state index in [4.69, 9.17) is 10.5 Å². The fraction of sp³-hybridized carbons (Fsp3) is 0.538. The smallest absolute Gasteiger partial charge is 0.267 e. The van der Waals surface area contributed by atoms with E-state index in [1.807, 2.05) is 0 Å². The Bertz CT molecular complexity index is 627. The maximum Gasteiger partial charge on any atom is 0.267 e. The molecule has 1 fully saturated rings. The van der Waals surface area contributed by atoms with Crippen LogP contribution in [-0.2, 0) is 20.9 Å². The third-order valence-electron chi connectivity index (χ3n) is 3.43. The number of nitrogens with two attached hydrogens (primary N) is 1. The van der Waals surface area contributed by atoms with E-state index < -0.39 is 11.5 Å². The number of carbonyl (C=O) groups excluding carboxylic acids is 2. The molecule has 1 atom stereocenters. The highest BCUT2D eigenvalue weighted by Crippen LogP contribution is 2.17. The predicted molar refractivity (Wildman–Crippen MR) is 73.4 cm³/mol. The number of morpholine rings is 1. The molecule has 0 saturated carbocycles. The van der Waals surface area contributed by atoms with Gasteiger partial charge in [-0.25, -0.2) is 4.68 Å². The van der Waals surface area contributed by atoms with Crippen LogP contribution in [0.15, 0.2) is 16.9 Å². The van der Waals surface area contributed by atoms with Gasteiger partial charge in [0, 0.05) is 12.6 Å². The van der Waals surface area contributed by atoms with Crippen molar-refractivity contribution in [3.05, 3.63) is 28.2 Å². The minimum Gasteiger partial charge on any atom is -0.367 e. The van der Waals surface area contributed by atoms with Crippen molar-refractivity contribution in [3.8, 4) is 0 Å². The Hall–Kier alpha value is -2.22. The van der Waals surface area contributed by atoms with E-state index in [2.05, 4.69) is 5.10 Å². The predicted octanol–water partition coefficient (Wildman–Crippen LogP) is -1.35. The molecule has 2 heterocycles. The van der Waals surface area contributed by atoms with Crippen molar-refractivity contribution in [1.82, 2.24) is 14.7 Å². The zero-order chi connectivity index (χ0) is 15.6. The lowest BCUT2D eigenvalue weighted by atomic mass is 10.0. The van der Waals surface area contributed by atoms with Crippen LogP contribution in [0.1, 0.15) is 12.6 Å². The maximum atomic E-state index is 12.3. The van der Waals surface area contributed by atoms with Crippen LogP contribution in [0.5, 0.6) is 0 Å². The highest BCUT2D eigenvalue weighted by Gasteiger charge is 2.39. The molecule has 1 aromatic heterocycles. The minimum absolute atomic E-state index is 0.0712. The number of hydrogen-bond donors (Lipinski definition) is 1. The standard InChI is InChI=1S/C13H18N4O4/c1-9-3-4-10(18)17(15-9)7-11(19)16-5-6-21-13(2,8-16)12(14)20/h3-4H,5-8H2,1-2H3,(H2,14,20). The van der Waals surface area contributed by atoms with Crippen molar-refractivity contribution in [1.29, 1.82) is 0 Å². The molecule has 1 aliphatic rings. The van der Waals surface area contributed by atoms with Crippen LogP contribution in [0.3, 0.4) is 0 Å². The number of aryl methyl sites for hydroxylation is 1. The third-order valence-corrected chi connectivity index (χ3v) is 3.43. The first-order valence-electron chi connectivity index (χ1n) is 6.58. The van der Waals surface area contributed by atoms with Gasteiger partial charge in [0.2, 0.25) is 5.91 Å². The summed E-state index contributed by atoms with van der Waals surface area (Å²) in [5.74, 6) is -0.920. The van der Waals surface area contributed by atoms with Crippen molar-refractivity contribution < 1.29 is 14.3 Å². The summed E-state index contributed by atoms with van der Waals surface area (Å²) in [4.78, 5) is 36.8. The van der Waals surface area contributed by atoms with Gasteiger partial charge in [-0.1, -0.05) is 0 Å². The fourth-order valence-electron chi connectivity index (χ4n) is 2.12. The molecule has 2 N–H and O–H groups in total. The second-order valence-corrected chi connectivity index (χ2v) is 5.23. The molecule has 1 saturated heterocycles. The van der Waals surface area contributed by atoms with Crippen LogP contribution < -0.4 is 11.3 Å². The summed E-state index contributed by atoms with van der Waals surface area (Å²) in [7, 11) is 0. The molecule has 1 aliphatic heterocycles. The van der Waals surface area contributed by atoms with Crippen LogP contribution in [0.4, 0.5) is 0 Å². The maximum absolute atomic E-state index is 12.3. The lowest BCUT2D eigenvalue weighted by molar-refractivity contribution is -0.160. The van der Waals surface area contributed by atoms with Crippen molar-refractivity contribution >= 4 is 11.8 Å². The van der Waals surface area contributed by atoms with Crippen LogP contribution in [0.2, 0.25) is 0 Å². The van der Waals surface area contributed by atoms with Crippen molar-refractivity contribution in [3.63, 3.8) is 0 Å². The second kappa shape index (κ2) is 5.65. The van der Waals surface area contributed by atoms with Crippen molar-refractivity contribution in [2.24, 2.45) is 5.73 Å². The molecule has 2 rings (SSSR count). The zero-order valence-corrected chi connectivity index (χ0v) is 12.0. The van der Waals surface area contributed by atoms with Crippen LogP contribution in [-0.4, -0.2) is 51.8 Å². The Kier molecular flexibility index (Phi) is 4.08. The lowest BCUT2D eigenvalue weighted by Crippen LogP contribution is -2.58. The first-order valence-corrected chi connectivity index (χ1v) is 6.58. The number of nitrogens with zero attached hydrogens (tertiary/aromatic N) is 3. The van der Waals surface area contributed by atoms with Gasteiger partial charge in [-0.15, -0.1) is 0 Å². The molecular formula is C13H18N4O4. The summed E-state index contributed by atoms with van der Waals surface area (Å²) < 4.78 is 6.45. The van der Waals surface area contributed by atoms with Crippen LogP contribution in [0, 0.1) is 6.92 Å². The highest BCUT2D eigenvalue weighted by atomic mass is 16.5. The van der Waals surface area contributed by atoms with Gasteiger partial charge in [0.25, 0.3) is 11.5 Å². The van der Waals surface area contributed by atoms with Gasteiger partial charge < -0.3 is 15.4 Å². The molecule has 0 bridgehead atoms. The van der Waals surface area contributed by atoms with Gasteiger partial charge in [-0.2, -0.15) is 5.10 Å². The first-order chi connectivity index (χ1) is 9.82. The molecule has 8 nitrogen and oxygen atoms in total. The number of carbonyl (C=O) groups is 2. The first kappa shape index (κ1) is 15.2. The van der Waals surface area contributed by atoms with Gasteiger partial charge >= 0.3 is 0 Å². The molecule has 8 heteroatoms. The molecule has 0 radical (unpaired) electrons. The average molecular weight is 294 g/mol. The Labute approximate surface area is 121 Å². The molecule has 21 heavy (non-hydrogen) atoms. The molecule has 1 unspecified atom stereocenters. The number of ether oxygens (including phenoxy) is 1. The average Bonchev–Trinajstić information content (AvgIpc) is 2.42. The van der Waals surface area contributed by atoms with Gasteiger partial charge in [-0.3, -0.25) is 14.4 Å². The molecule has 0 aliphatic carbocycles. The van der Waals surface area contributed by atoms with Crippen LogP contribution >= 0.6 is 0 Å². The van der Waals surface area contributed by atoms with E-state index >= 15 is 0 Å². The number of aromatic nitrogens is 2. The summed E-state index contributed by atoms with van der Waals surface area (Å²) >= 11 is 0. The topological polar surface area (TPSA) is 108 Å². The SMILES string of the molecule is Cc1ccc(=O)n(CC(=O)N2CCOC(C)(C(N)=O)C2)n1. The number of hydrogen-bond acceptors (Lipinski definition) is 5. The Morgan fingerprint density at radius 3 is 2.86 bits per heavy atom. The lowest BCUT2D eigenvalue weighted by Gasteiger charge is -2.38. The molecule has 2 amide bonds. The normalized spacial score (nSPS) is 22.1. The summed E-state index contributed by atoms with van der Waals surface area (Å²) in [6.07, 6.45) is 0. The van der Waals surface area contributed by atoms with E-state index in [9.17, 15) is 14.4 Å². The highest BCUT2D eigenvalue weighted by molar-refractivity contribution is 5.85. The Morgan fingerprint density at radius 2 is 2.19 bits per heavy atom. The Morgan fingerprint density at radius 1 is 1.48 bits per heavy atom. The Balaban J connectivity index is 2.12. The summed E-state index contributed by atoms with van der Waals surface area (Å²) in [5, 5.41) is 4.01. The van der Waals surface area contributed by atoms with E-state index in [-0.39, 0.29) is 31.2 Å². The molecule has 114 valence electrons.